The summed E-state index contributed by atoms with van der Waals surface area (Å²) in [5, 5.41) is 0. The zero-order valence-corrected chi connectivity index (χ0v) is 10.8. The van der Waals surface area contributed by atoms with E-state index in [4.69, 9.17) is 0 Å². The normalized spacial score (nSPS) is 0. The Morgan fingerprint density at radius 2 is 0.500 bits per heavy atom. The van der Waals surface area contributed by atoms with Crippen LogP contribution in [0.25, 0.3) is 0 Å². The second kappa shape index (κ2) is 16.2. The number of hydrogen-bond donors (Lipinski definition) is 0. The minimum absolute atomic E-state index is 0. The van der Waals surface area contributed by atoms with Crippen LogP contribution in [0.2, 0.25) is 0 Å². The summed E-state index contributed by atoms with van der Waals surface area (Å²) in [5.74, 6) is 0. The van der Waals surface area contributed by atoms with Gasteiger partial charge in [0.2, 0.25) is 0 Å². The Kier molecular flexibility index (Phi) is 106. The third kappa shape index (κ3) is 9.03. The summed E-state index contributed by atoms with van der Waals surface area (Å²) in [4.78, 5) is 0. The molecule has 12 valence electrons. The summed E-state index contributed by atoms with van der Waals surface area (Å²) in [7, 11) is 0. The van der Waals surface area contributed by atoms with Gasteiger partial charge < -0.3 is 0 Å². The minimum Gasteiger partial charge on any atom is 0 e. The van der Waals surface area contributed by atoms with E-state index < -0.39 is 0 Å². The van der Waals surface area contributed by atoms with E-state index in [2.05, 4.69) is 0 Å². The van der Waals surface area contributed by atoms with Crippen molar-refractivity contribution in [3.8, 4) is 0 Å². The van der Waals surface area contributed by atoms with Crippen molar-refractivity contribution in [3.63, 3.8) is 0 Å². The summed E-state index contributed by atoms with van der Waals surface area (Å²) in [6.45, 7) is 0. The predicted octanol–water partition coefficient (Wildman–Crippen LogP) is -0.388. The van der Waals surface area contributed by atoms with Gasteiger partial charge in [-0.15, -0.1) is 0 Å². The van der Waals surface area contributed by atoms with Crippen LogP contribution in [0.5, 0.6) is 0 Å². The Hall–Kier alpha value is 3.38. The third-order valence-corrected chi connectivity index (χ3v) is 0. The van der Waals surface area contributed by atoms with E-state index in [1.807, 2.05) is 0 Å². The van der Waals surface area contributed by atoms with Crippen LogP contribution in [-0.2, 0) is 98.1 Å². The van der Waals surface area contributed by atoms with Crippen LogP contribution >= 0.6 is 0 Å². The molecule has 0 aliphatic rings. The maximum atomic E-state index is 0. The van der Waals surface area contributed by atoms with Gasteiger partial charge in [-0.1, -0.05) is 0 Å². The van der Waals surface area contributed by atoms with Crippen LogP contribution in [-0.4, -0.2) is 8.41 Å². The quantitative estimate of drug-likeness (QED) is 0.529. The first-order valence-electron chi connectivity index (χ1n) is 0. The fourth-order valence-corrected chi connectivity index (χ4v) is 0. The summed E-state index contributed by atoms with van der Waals surface area (Å²) in [5.41, 5.74) is 0. The van der Waals surface area contributed by atoms with Crippen molar-refractivity contribution < 1.29 is 98.1 Å². The summed E-state index contributed by atoms with van der Waals surface area (Å²) < 4.78 is 0. The molecule has 0 N–H and O–H groups in total. The molecule has 0 fully saturated rings. The largest absolute Gasteiger partial charge is 0 e. The van der Waals surface area contributed by atoms with E-state index in [0.717, 1.165) is 0 Å². The second-order valence-corrected chi connectivity index (χ2v) is 0. The molecule has 0 nitrogen and oxygen atoms in total. The van der Waals surface area contributed by atoms with Gasteiger partial charge >= 0.3 is 0 Å². The zero-order valence-electron chi connectivity index (χ0n) is 2.31. The van der Waals surface area contributed by atoms with Gasteiger partial charge in [-0.2, -0.15) is 0 Å². The van der Waals surface area contributed by atoms with Crippen molar-refractivity contribution in [1.82, 2.24) is 0 Å². The van der Waals surface area contributed by atoms with Crippen LogP contribution in [0.3, 0.4) is 0 Å². The van der Waals surface area contributed by atoms with E-state index in [1.165, 1.54) is 0 Å². The predicted molar refractivity (Wildman–Crippen MR) is 5.75 cm³/mol. The molecule has 0 aromatic heterocycles. The average Bonchev–Trinajstić information content (AvgIpc) is 0. The van der Waals surface area contributed by atoms with Gasteiger partial charge in [-0.3, -0.25) is 0 Å². The molecule has 0 bridgehead atoms. The van der Waals surface area contributed by atoms with Gasteiger partial charge in [0.05, 0.1) is 0 Å². The first-order valence-corrected chi connectivity index (χ1v) is 0. The maximum absolute atomic E-state index is 0. The molecule has 0 saturated carbocycles. The second-order valence-electron chi connectivity index (χ2n) is 0. The van der Waals surface area contributed by atoms with Crippen LogP contribution in [0.1, 0.15) is 0 Å². The summed E-state index contributed by atoms with van der Waals surface area (Å²) in [6, 6.07) is 0. The first-order chi connectivity index (χ1) is 0. The van der Waals surface area contributed by atoms with Crippen LogP contribution in [0, 0.1) is 0 Å². The van der Waals surface area contributed by atoms with Crippen LogP contribution in [0.4, 0.5) is 0 Å². The minimum atomic E-state index is 0. The van der Waals surface area contributed by atoms with Crippen LogP contribution in [0.15, 0.2) is 0 Å². The molecule has 0 aromatic rings. The molecule has 0 aromatic carbocycles. The third-order valence-electron chi connectivity index (χ3n) is 0. The van der Waals surface area contributed by atoms with Gasteiger partial charge in [0.1, 0.15) is 0 Å². The molecular formula is BY3. The standard InChI is InChI=1S/B.3Y. The molecule has 0 aliphatic heterocycles. The van der Waals surface area contributed by atoms with Crippen molar-refractivity contribution in [2.24, 2.45) is 0 Å². The monoisotopic (exact) mass is 278 g/mol. The molecule has 4 heteroatoms. The number of hydrogen-bond acceptors (Lipinski definition) is 0. The van der Waals surface area contributed by atoms with Gasteiger partial charge in [-0.05, 0) is 0 Å². The molecule has 4 heavy (non-hydrogen) atoms. The molecular weight excluding hydrogens is 278 g/mol. The molecule has 0 rings (SSSR count). The topological polar surface area (TPSA) is 0 Å². The van der Waals surface area contributed by atoms with Crippen molar-refractivity contribution in [2.75, 3.05) is 0 Å². The smallest absolute Gasteiger partial charge is 0 e. The molecule has 0 aliphatic carbocycles. The van der Waals surface area contributed by atoms with E-state index in [-0.39, 0.29) is 107 Å². The Morgan fingerprint density at radius 1 is 0.500 bits per heavy atom. The van der Waals surface area contributed by atoms with Crippen molar-refractivity contribution in [1.29, 1.82) is 0 Å². The Morgan fingerprint density at radius 3 is 0.500 bits per heavy atom. The maximum Gasteiger partial charge on any atom is 0 e. The SMILES string of the molecule is [B].[Y].[Y].[Y]. The molecule has 0 spiro atoms. The zero-order chi connectivity index (χ0) is 0. The molecule has 6 radical (unpaired) electrons. The molecule has 0 heterocycles. The van der Waals surface area contributed by atoms with E-state index >= 15 is 0 Å². The van der Waals surface area contributed by atoms with E-state index in [9.17, 15) is 0 Å². The molecule has 0 amide bonds. The molecule has 0 unspecified atom stereocenters. The van der Waals surface area contributed by atoms with Gasteiger partial charge in [-0.25, -0.2) is 0 Å². The van der Waals surface area contributed by atoms with E-state index in [0.29, 0.717) is 0 Å². The Bertz CT molecular complexity index is 3.25. The number of rotatable bonds is 0. The van der Waals surface area contributed by atoms with E-state index in [1.54, 1.807) is 0 Å². The summed E-state index contributed by atoms with van der Waals surface area (Å²) in [6.07, 6.45) is 0. The van der Waals surface area contributed by atoms with Crippen LogP contribution < -0.4 is 0 Å². The van der Waals surface area contributed by atoms with Gasteiger partial charge in [0.15, 0.2) is 0 Å². The van der Waals surface area contributed by atoms with Crippen molar-refractivity contribution in [3.05, 3.63) is 0 Å². The van der Waals surface area contributed by atoms with Crippen molar-refractivity contribution >= 4 is 8.41 Å². The molecule has 0 saturated heterocycles. The average molecular weight is 278 g/mol. The Labute approximate surface area is 104 Å². The van der Waals surface area contributed by atoms with Crippen molar-refractivity contribution in [2.45, 2.75) is 0 Å². The first kappa shape index (κ1) is 26.3. The molecule has 0 atom stereocenters. The van der Waals surface area contributed by atoms with Gasteiger partial charge in [0.25, 0.3) is 0 Å². The summed E-state index contributed by atoms with van der Waals surface area (Å²) >= 11 is 0. The Balaban J connectivity index is 0. The fraction of sp³-hybridized carbons (Fsp3) is 0. The van der Waals surface area contributed by atoms with Gasteiger partial charge in [0, 0.05) is 107 Å². The fourth-order valence-electron chi connectivity index (χ4n) is 0.